The number of amides is 1. The van der Waals surface area contributed by atoms with Crippen molar-refractivity contribution in [3.05, 3.63) is 30.3 Å². The Labute approximate surface area is 146 Å². The summed E-state index contributed by atoms with van der Waals surface area (Å²) < 4.78 is 5.74. The number of halogens is 1. The second-order valence-electron chi connectivity index (χ2n) is 5.79. The van der Waals surface area contributed by atoms with Crippen molar-refractivity contribution in [3.8, 4) is 5.75 Å². The van der Waals surface area contributed by atoms with Crippen LogP contribution in [0, 0.1) is 5.92 Å². The van der Waals surface area contributed by atoms with E-state index in [0.717, 1.165) is 51.3 Å². The Morgan fingerprint density at radius 1 is 1.17 bits per heavy atom. The molecular weight excluding hydrogens is 312 g/mol. The van der Waals surface area contributed by atoms with Crippen molar-refractivity contribution in [1.82, 2.24) is 9.80 Å². The number of likely N-dealkylation sites (tertiary alicyclic amines) is 1. The van der Waals surface area contributed by atoms with Crippen molar-refractivity contribution in [2.24, 2.45) is 5.92 Å². The quantitative estimate of drug-likeness (QED) is 0.764. The van der Waals surface area contributed by atoms with Crippen LogP contribution in [0.5, 0.6) is 5.75 Å². The molecule has 1 aromatic rings. The van der Waals surface area contributed by atoms with Gasteiger partial charge in [-0.2, -0.15) is 0 Å². The number of para-hydroxylation sites is 1. The fraction of sp³-hybridized carbons (Fsp3) is 0.611. The topological polar surface area (TPSA) is 32.8 Å². The fourth-order valence-corrected chi connectivity index (χ4v) is 3.01. The lowest BCUT2D eigenvalue weighted by atomic mass is 9.95. The fourth-order valence-electron chi connectivity index (χ4n) is 3.01. The van der Waals surface area contributed by atoms with Gasteiger partial charge in [0.25, 0.3) is 0 Å². The van der Waals surface area contributed by atoms with Gasteiger partial charge in [-0.3, -0.25) is 9.69 Å². The molecule has 1 aliphatic rings. The van der Waals surface area contributed by atoms with Crippen LogP contribution >= 0.6 is 12.4 Å². The molecule has 0 saturated carbocycles. The number of nitrogens with zero attached hydrogens (tertiary/aromatic N) is 2. The summed E-state index contributed by atoms with van der Waals surface area (Å²) in [6.07, 6.45) is 1.95. The molecule has 0 atom stereocenters. The number of hydrogen-bond acceptors (Lipinski definition) is 3. The monoisotopic (exact) mass is 340 g/mol. The van der Waals surface area contributed by atoms with Crippen LogP contribution in [0.25, 0.3) is 0 Å². The largest absolute Gasteiger partial charge is 0.492 e. The Balaban J connectivity index is 0.00000264. The molecule has 0 spiro atoms. The summed E-state index contributed by atoms with van der Waals surface area (Å²) in [6, 6.07) is 9.92. The van der Waals surface area contributed by atoms with Gasteiger partial charge in [-0.1, -0.05) is 18.2 Å². The summed E-state index contributed by atoms with van der Waals surface area (Å²) in [5.74, 6) is 1.48. The van der Waals surface area contributed by atoms with Gasteiger partial charge in [0.2, 0.25) is 5.91 Å². The lowest BCUT2D eigenvalue weighted by Crippen LogP contribution is -2.43. The summed E-state index contributed by atoms with van der Waals surface area (Å²) in [5, 5.41) is 0. The minimum Gasteiger partial charge on any atom is -0.492 e. The van der Waals surface area contributed by atoms with Crippen molar-refractivity contribution < 1.29 is 9.53 Å². The zero-order chi connectivity index (χ0) is 15.8. The van der Waals surface area contributed by atoms with E-state index < -0.39 is 0 Å². The minimum absolute atomic E-state index is 0. The molecule has 1 amide bonds. The Kier molecular flexibility index (Phi) is 9.03. The number of benzene rings is 1. The first-order valence-corrected chi connectivity index (χ1v) is 8.43. The van der Waals surface area contributed by atoms with Crippen LogP contribution in [-0.2, 0) is 4.79 Å². The first kappa shape index (κ1) is 19.8. The molecule has 130 valence electrons. The van der Waals surface area contributed by atoms with Gasteiger partial charge in [0, 0.05) is 25.6 Å². The van der Waals surface area contributed by atoms with Crippen LogP contribution in [-0.4, -0.2) is 55.0 Å². The van der Waals surface area contributed by atoms with Gasteiger partial charge in [-0.05, 0) is 51.9 Å². The van der Waals surface area contributed by atoms with Crippen LogP contribution in [0.4, 0.5) is 0 Å². The zero-order valence-electron chi connectivity index (χ0n) is 14.2. The molecule has 5 heteroatoms. The maximum atomic E-state index is 12.3. The van der Waals surface area contributed by atoms with Gasteiger partial charge < -0.3 is 9.64 Å². The molecule has 0 aliphatic carbocycles. The molecule has 1 aromatic carbocycles. The maximum Gasteiger partial charge on any atom is 0.225 e. The average molecular weight is 341 g/mol. The van der Waals surface area contributed by atoms with Gasteiger partial charge in [-0.25, -0.2) is 0 Å². The standard InChI is InChI=1S/C18H28N2O2.ClH/c1-3-20(4-2)18(21)16-10-12-19(13-11-16)14-15-22-17-8-6-5-7-9-17;/h5-9,16H,3-4,10-15H2,1-2H3;1H. The van der Waals surface area contributed by atoms with Crippen molar-refractivity contribution in [1.29, 1.82) is 0 Å². The number of ether oxygens (including phenoxy) is 1. The van der Waals surface area contributed by atoms with E-state index in [1.165, 1.54) is 0 Å². The molecule has 23 heavy (non-hydrogen) atoms. The highest BCUT2D eigenvalue weighted by Gasteiger charge is 2.27. The molecule has 0 N–H and O–H groups in total. The highest BCUT2D eigenvalue weighted by atomic mass is 35.5. The van der Waals surface area contributed by atoms with Crippen LogP contribution in [0.3, 0.4) is 0 Å². The molecule has 1 saturated heterocycles. The number of carbonyl (C=O) groups is 1. The number of rotatable bonds is 7. The van der Waals surface area contributed by atoms with Crippen LogP contribution in [0.1, 0.15) is 26.7 Å². The van der Waals surface area contributed by atoms with Crippen LogP contribution in [0.2, 0.25) is 0 Å². The predicted octanol–water partition coefficient (Wildman–Crippen LogP) is 3.07. The predicted molar refractivity (Wildman–Crippen MR) is 96.3 cm³/mol. The first-order valence-electron chi connectivity index (χ1n) is 8.43. The summed E-state index contributed by atoms with van der Waals surface area (Å²) in [4.78, 5) is 16.7. The van der Waals surface area contributed by atoms with Crippen LogP contribution in [0.15, 0.2) is 30.3 Å². The Bertz CT molecular complexity index is 444. The third kappa shape index (κ3) is 6.04. The second-order valence-corrected chi connectivity index (χ2v) is 5.79. The normalized spacial score (nSPS) is 15.7. The lowest BCUT2D eigenvalue weighted by molar-refractivity contribution is -0.136. The maximum absolute atomic E-state index is 12.3. The SMILES string of the molecule is CCN(CC)C(=O)C1CCN(CCOc2ccccc2)CC1.Cl. The zero-order valence-corrected chi connectivity index (χ0v) is 15.1. The minimum atomic E-state index is 0. The number of piperidine rings is 1. The highest BCUT2D eigenvalue weighted by molar-refractivity contribution is 5.85. The molecule has 2 rings (SSSR count). The highest BCUT2D eigenvalue weighted by Crippen LogP contribution is 2.19. The third-order valence-corrected chi connectivity index (χ3v) is 4.43. The smallest absolute Gasteiger partial charge is 0.225 e. The molecular formula is C18H29ClN2O2. The van der Waals surface area contributed by atoms with Gasteiger partial charge in [0.15, 0.2) is 0 Å². The molecule has 1 aliphatic heterocycles. The molecule has 1 fully saturated rings. The molecule has 4 nitrogen and oxygen atoms in total. The summed E-state index contributed by atoms with van der Waals surface area (Å²) in [6.45, 7) is 9.38. The van der Waals surface area contributed by atoms with E-state index in [0.29, 0.717) is 12.5 Å². The van der Waals surface area contributed by atoms with E-state index in [9.17, 15) is 4.79 Å². The first-order chi connectivity index (χ1) is 10.7. The molecule has 0 bridgehead atoms. The van der Waals surface area contributed by atoms with E-state index in [4.69, 9.17) is 4.74 Å². The van der Waals surface area contributed by atoms with E-state index >= 15 is 0 Å². The molecule has 0 radical (unpaired) electrons. The van der Waals surface area contributed by atoms with Crippen LogP contribution < -0.4 is 4.74 Å². The van der Waals surface area contributed by atoms with Gasteiger partial charge >= 0.3 is 0 Å². The Hall–Kier alpha value is -1.26. The van der Waals surface area contributed by atoms with Gasteiger partial charge in [0.05, 0.1) is 0 Å². The Morgan fingerprint density at radius 3 is 2.35 bits per heavy atom. The van der Waals surface area contributed by atoms with E-state index in [-0.39, 0.29) is 18.3 Å². The van der Waals surface area contributed by atoms with Crippen molar-refractivity contribution in [2.75, 3.05) is 39.3 Å². The van der Waals surface area contributed by atoms with E-state index in [1.807, 2.05) is 35.2 Å². The molecule has 0 aromatic heterocycles. The van der Waals surface area contributed by atoms with Crippen molar-refractivity contribution >= 4 is 18.3 Å². The number of hydrogen-bond donors (Lipinski definition) is 0. The van der Waals surface area contributed by atoms with E-state index in [1.54, 1.807) is 0 Å². The second kappa shape index (κ2) is 10.5. The van der Waals surface area contributed by atoms with Crippen molar-refractivity contribution in [3.63, 3.8) is 0 Å². The number of carbonyl (C=O) groups excluding carboxylic acids is 1. The van der Waals surface area contributed by atoms with Gasteiger partial charge in [0.1, 0.15) is 12.4 Å². The van der Waals surface area contributed by atoms with Gasteiger partial charge in [-0.15, -0.1) is 12.4 Å². The van der Waals surface area contributed by atoms with Crippen molar-refractivity contribution in [2.45, 2.75) is 26.7 Å². The summed E-state index contributed by atoms with van der Waals surface area (Å²) in [7, 11) is 0. The Morgan fingerprint density at radius 2 is 1.78 bits per heavy atom. The molecule has 0 unspecified atom stereocenters. The third-order valence-electron chi connectivity index (χ3n) is 4.43. The molecule has 1 heterocycles. The average Bonchev–Trinajstić information content (AvgIpc) is 2.57. The lowest BCUT2D eigenvalue weighted by Gasteiger charge is -2.33. The van der Waals surface area contributed by atoms with E-state index in [2.05, 4.69) is 18.7 Å². The summed E-state index contributed by atoms with van der Waals surface area (Å²) in [5.41, 5.74) is 0. The summed E-state index contributed by atoms with van der Waals surface area (Å²) >= 11 is 0.